The maximum atomic E-state index is 12.8. The molecule has 0 saturated carbocycles. The predicted octanol–water partition coefficient (Wildman–Crippen LogP) is 4.60. The number of rotatable bonds is 11. The Bertz CT molecular complexity index is 1250. The summed E-state index contributed by atoms with van der Waals surface area (Å²) < 4.78 is 41.8. The number of nitrogens with one attached hydrogen (secondary N) is 1. The highest BCUT2D eigenvalue weighted by molar-refractivity contribution is 7.91. The van der Waals surface area contributed by atoms with E-state index in [0.29, 0.717) is 16.5 Å². The van der Waals surface area contributed by atoms with Crippen molar-refractivity contribution in [2.75, 3.05) is 33.9 Å². The Labute approximate surface area is 210 Å². The third-order valence-electron chi connectivity index (χ3n) is 5.70. The molecule has 1 aromatic heterocycles. The van der Waals surface area contributed by atoms with Gasteiger partial charge in [0.25, 0.3) is 5.91 Å². The minimum Gasteiger partial charge on any atom is -0.493 e. The highest BCUT2D eigenvalue weighted by Gasteiger charge is 2.25. The van der Waals surface area contributed by atoms with Crippen LogP contribution in [0.3, 0.4) is 0 Å². The van der Waals surface area contributed by atoms with Gasteiger partial charge < -0.3 is 19.2 Å². The molecule has 1 unspecified atom stereocenters. The van der Waals surface area contributed by atoms with Crippen LogP contribution in [-0.4, -0.2) is 53.1 Å². The van der Waals surface area contributed by atoms with Gasteiger partial charge in [0.15, 0.2) is 17.3 Å². The number of nitrogens with zero attached hydrogens (tertiary/aromatic N) is 1. The largest absolute Gasteiger partial charge is 0.493 e. The van der Waals surface area contributed by atoms with Crippen LogP contribution in [0.5, 0.6) is 11.5 Å². The second-order valence-electron chi connectivity index (χ2n) is 7.64. The van der Waals surface area contributed by atoms with Crippen LogP contribution in [0.2, 0.25) is 5.02 Å². The summed E-state index contributed by atoms with van der Waals surface area (Å²) in [5.74, 6) is 0.600. The molecule has 1 heterocycles. The molecule has 3 aromatic rings. The lowest BCUT2D eigenvalue weighted by Crippen LogP contribution is -2.38. The summed E-state index contributed by atoms with van der Waals surface area (Å²) in [5.41, 5.74) is 0.942. The van der Waals surface area contributed by atoms with Crippen LogP contribution < -0.4 is 14.8 Å². The summed E-state index contributed by atoms with van der Waals surface area (Å²) in [5, 5.41) is 2.97. The van der Waals surface area contributed by atoms with Crippen LogP contribution in [0.25, 0.3) is 0 Å². The molecule has 0 aliphatic carbocycles. The molecule has 0 aliphatic heterocycles. The molecular weight excluding hydrogens is 492 g/mol. The number of carbonyl (C=O) groups is 1. The van der Waals surface area contributed by atoms with Crippen molar-refractivity contribution in [2.24, 2.45) is 0 Å². The summed E-state index contributed by atoms with van der Waals surface area (Å²) in [7, 11) is -0.772. The van der Waals surface area contributed by atoms with E-state index in [1.165, 1.54) is 36.4 Å². The fraction of sp³-hybridized carbons (Fsp3) is 0.320. The van der Waals surface area contributed by atoms with Crippen molar-refractivity contribution < 1.29 is 27.1 Å². The molecule has 1 N–H and O–H groups in total. The van der Waals surface area contributed by atoms with Gasteiger partial charge in [-0.3, -0.25) is 9.69 Å². The molecule has 188 valence electrons. The summed E-state index contributed by atoms with van der Waals surface area (Å²) >= 11 is 5.85. The smallest absolute Gasteiger partial charge is 0.287 e. The van der Waals surface area contributed by atoms with Crippen molar-refractivity contribution in [3.05, 3.63) is 70.9 Å². The van der Waals surface area contributed by atoms with E-state index in [0.717, 1.165) is 18.7 Å². The summed E-state index contributed by atoms with van der Waals surface area (Å²) in [6.45, 7) is 5.88. The SMILES string of the molecule is CCN(CC)C(CNC(=O)c1ccc(S(=O)(=O)c2ccc(Cl)cc2)o1)c1ccc(OC)c(OC)c1. The molecule has 0 spiro atoms. The van der Waals surface area contributed by atoms with E-state index in [-0.39, 0.29) is 28.3 Å². The van der Waals surface area contributed by atoms with Crippen molar-refractivity contribution in [3.8, 4) is 11.5 Å². The first-order valence-electron chi connectivity index (χ1n) is 11.1. The summed E-state index contributed by atoms with van der Waals surface area (Å²) in [6, 6.07) is 13.8. The molecular formula is C25H29ClN2O6S. The van der Waals surface area contributed by atoms with Crippen molar-refractivity contribution in [2.45, 2.75) is 29.9 Å². The molecule has 3 rings (SSSR count). The Morgan fingerprint density at radius 3 is 2.26 bits per heavy atom. The van der Waals surface area contributed by atoms with E-state index in [4.69, 9.17) is 25.5 Å². The number of ether oxygens (including phenoxy) is 2. The van der Waals surface area contributed by atoms with E-state index in [2.05, 4.69) is 10.2 Å². The van der Waals surface area contributed by atoms with Gasteiger partial charge in [-0.05, 0) is 67.2 Å². The normalized spacial score (nSPS) is 12.4. The lowest BCUT2D eigenvalue weighted by atomic mass is 10.0. The van der Waals surface area contributed by atoms with Crippen LogP contribution >= 0.6 is 11.6 Å². The average Bonchev–Trinajstić information content (AvgIpc) is 3.38. The zero-order valence-corrected chi connectivity index (χ0v) is 21.7. The molecule has 0 aliphatic rings. The van der Waals surface area contributed by atoms with E-state index >= 15 is 0 Å². The maximum Gasteiger partial charge on any atom is 0.287 e. The van der Waals surface area contributed by atoms with Gasteiger partial charge >= 0.3 is 0 Å². The minimum atomic E-state index is -3.92. The number of likely N-dealkylation sites (N-methyl/N-ethyl adjacent to an activating group) is 1. The Balaban J connectivity index is 1.79. The molecule has 35 heavy (non-hydrogen) atoms. The lowest BCUT2D eigenvalue weighted by molar-refractivity contribution is 0.0902. The van der Waals surface area contributed by atoms with Gasteiger partial charge in [0.05, 0.1) is 25.2 Å². The van der Waals surface area contributed by atoms with Crippen LogP contribution in [0.15, 0.2) is 69.0 Å². The van der Waals surface area contributed by atoms with E-state index < -0.39 is 15.7 Å². The van der Waals surface area contributed by atoms with Gasteiger partial charge in [0, 0.05) is 11.6 Å². The number of sulfone groups is 1. The van der Waals surface area contributed by atoms with Crippen LogP contribution in [-0.2, 0) is 9.84 Å². The van der Waals surface area contributed by atoms with Crippen LogP contribution in [0.4, 0.5) is 0 Å². The number of furan rings is 1. The number of methoxy groups -OCH3 is 2. The zero-order chi connectivity index (χ0) is 25.6. The molecule has 2 aromatic carbocycles. The summed E-state index contributed by atoms with van der Waals surface area (Å²) in [4.78, 5) is 15.1. The molecule has 0 fully saturated rings. The van der Waals surface area contributed by atoms with Gasteiger partial charge in [-0.25, -0.2) is 8.42 Å². The first-order chi connectivity index (χ1) is 16.7. The molecule has 1 atom stereocenters. The molecule has 1 amide bonds. The molecule has 0 bridgehead atoms. The lowest BCUT2D eigenvalue weighted by Gasteiger charge is -2.30. The number of carbonyl (C=O) groups excluding carboxylic acids is 1. The second-order valence-corrected chi connectivity index (χ2v) is 9.95. The summed E-state index contributed by atoms with van der Waals surface area (Å²) in [6.07, 6.45) is 0. The molecule has 10 heteroatoms. The van der Waals surface area contributed by atoms with Crippen molar-refractivity contribution >= 4 is 27.3 Å². The maximum absolute atomic E-state index is 12.8. The van der Waals surface area contributed by atoms with E-state index in [1.807, 2.05) is 32.0 Å². The van der Waals surface area contributed by atoms with Gasteiger partial charge in [-0.2, -0.15) is 0 Å². The van der Waals surface area contributed by atoms with Gasteiger partial charge in [-0.1, -0.05) is 31.5 Å². The fourth-order valence-electron chi connectivity index (χ4n) is 3.78. The van der Waals surface area contributed by atoms with Gasteiger partial charge in [-0.15, -0.1) is 0 Å². The Kier molecular flexibility index (Phi) is 8.82. The van der Waals surface area contributed by atoms with Gasteiger partial charge in [0.1, 0.15) is 0 Å². The average molecular weight is 521 g/mol. The zero-order valence-electron chi connectivity index (χ0n) is 20.1. The van der Waals surface area contributed by atoms with Crippen LogP contribution in [0, 0.1) is 0 Å². The first-order valence-corrected chi connectivity index (χ1v) is 13.0. The number of amides is 1. The van der Waals surface area contributed by atoms with Crippen molar-refractivity contribution in [1.82, 2.24) is 10.2 Å². The number of halogens is 1. The fourth-order valence-corrected chi connectivity index (χ4v) is 5.07. The Hall–Kier alpha value is -3.01. The third kappa shape index (κ3) is 5.98. The quantitative estimate of drug-likeness (QED) is 0.394. The number of hydrogen-bond acceptors (Lipinski definition) is 7. The topological polar surface area (TPSA) is 98.1 Å². The van der Waals surface area contributed by atoms with E-state index in [9.17, 15) is 13.2 Å². The third-order valence-corrected chi connectivity index (χ3v) is 7.59. The van der Waals surface area contributed by atoms with Crippen molar-refractivity contribution in [3.63, 3.8) is 0 Å². The van der Waals surface area contributed by atoms with Gasteiger partial charge in [0.2, 0.25) is 14.9 Å². The molecule has 8 nitrogen and oxygen atoms in total. The number of hydrogen-bond donors (Lipinski definition) is 1. The highest BCUT2D eigenvalue weighted by atomic mass is 35.5. The first kappa shape index (κ1) is 26.6. The highest BCUT2D eigenvalue weighted by Crippen LogP contribution is 2.32. The second kappa shape index (κ2) is 11.6. The van der Waals surface area contributed by atoms with E-state index in [1.54, 1.807) is 14.2 Å². The monoisotopic (exact) mass is 520 g/mol. The van der Waals surface area contributed by atoms with Crippen LogP contribution in [0.1, 0.15) is 36.0 Å². The molecule has 0 saturated heterocycles. The Morgan fingerprint density at radius 2 is 1.66 bits per heavy atom. The Morgan fingerprint density at radius 1 is 1.00 bits per heavy atom. The number of benzene rings is 2. The predicted molar refractivity (Wildman–Crippen MR) is 133 cm³/mol. The molecule has 0 radical (unpaired) electrons. The standard InChI is InChI=1S/C25H29ClN2O6S/c1-5-28(6-2)20(17-7-12-21(32-3)23(15-17)33-4)16-27-25(29)22-13-14-24(34-22)35(30,31)19-10-8-18(26)9-11-19/h7-15,20H,5-6,16H2,1-4H3,(H,27,29). The minimum absolute atomic E-state index is 0.0262. The van der Waals surface area contributed by atoms with Crippen molar-refractivity contribution in [1.29, 1.82) is 0 Å².